The van der Waals surface area contributed by atoms with Gasteiger partial charge in [0.1, 0.15) is 0 Å². The van der Waals surface area contributed by atoms with Crippen LogP contribution in [0.3, 0.4) is 0 Å². The molecule has 2 rings (SSSR count). The zero-order chi connectivity index (χ0) is 13.2. The first-order chi connectivity index (χ1) is 8.49. The lowest BCUT2D eigenvalue weighted by Crippen LogP contribution is -2.43. The molecule has 2 saturated heterocycles. The fraction of sp³-hybridized carbons (Fsp3) is 1.00. The average Bonchev–Trinajstić information content (AvgIpc) is 2.76. The highest BCUT2D eigenvalue weighted by Crippen LogP contribution is 2.23. The summed E-state index contributed by atoms with van der Waals surface area (Å²) in [5.74, 6) is 1.86. The standard InChI is InChI=1S/C12H23ClN2O2S/c1-18(16,17)15-5-2-3-12(10-15)9-14-6-4-11(7-13)8-14/h11-12H,2-10H2,1H3. The number of alkyl halides is 1. The Kier molecular flexibility index (Phi) is 4.92. The Morgan fingerprint density at radius 3 is 2.56 bits per heavy atom. The van der Waals surface area contributed by atoms with E-state index in [4.69, 9.17) is 11.6 Å². The molecule has 0 radical (unpaired) electrons. The summed E-state index contributed by atoms with van der Waals surface area (Å²) in [6.45, 7) is 4.62. The van der Waals surface area contributed by atoms with E-state index in [1.165, 1.54) is 12.7 Å². The van der Waals surface area contributed by atoms with E-state index in [0.29, 0.717) is 24.9 Å². The van der Waals surface area contributed by atoms with Gasteiger partial charge in [-0.3, -0.25) is 0 Å². The Morgan fingerprint density at radius 1 is 1.17 bits per heavy atom. The molecule has 0 bridgehead atoms. The third-order valence-electron chi connectivity index (χ3n) is 4.06. The fourth-order valence-electron chi connectivity index (χ4n) is 3.05. The molecule has 2 fully saturated rings. The fourth-order valence-corrected chi connectivity index (χ4v) is 4.24. The molecule has 106 valence electrons. The minimum atomic E-state index is -3.01. The van der Waals surface area contributed by atoms with Crippen molar-refractivity contribution in [1.82, 2.24) is 9.21 Å². The number of sulfonamides is 1. The van der Waals surface area contributed by atoms with Crippen molar-refractivity contribution in [2.45, 2.75) is 19.3 Å². The predicted octanol–water partition coefficient (Wildman–Crippen LogP) is 1.22. The highest BCUT2D eigenvalue weighted by atomic mass is 35.5. The highest BCUT2D eigenvalue weighted by molar-refractivity contribution is 7.88. The van der Waals surface area contributed by atoms with Gasteiger partial charge in [-0.1, -0.05) is 0 Å². The number of rotatable bonds is 4. The van der Waals surface area contributed by atoms with Gasteiger partial charge in [0.2, 0.25) is 10.0 Å². The second-order valence-corrected chi connectivity index (χ2v) is 7.99. The smallest absolute Gasteiger partial charge is 0.211 e. The van der Waals surface area contributed by atoms with Crippen LogP contribution in [0.5, 0.6) is 0 Å². The Labute approximate surface area is 115 Å². The van der Waals surface area contributed by atoms with Gasteiger partial charge in [-0.05, 0) is 37.6 Å². The van der Waals surface area contributed by atoms with Crippen LogP contribution in [0, 0.1) is 11.8 Å². The maximum absolute atomic E-state index is 11.6. The molecule has 0 spiro atoms. The first kappa shape index (κ1) is 14.6. The van der Waals surface area contributed by atoms with Crippen LogP contribution in [0.25, 0.3) is 0 Å². The lowest BCUT2D eigenvalue weighted by atomic mass is 9.99. The quantitative estimate of drug-likeness (QED) is 0.732. The molecule has 0 N–H and O–H groups in total. The molecule has 18 heavy (non-hydrogen) atoms. The molecule has 0 aromatic carbocycles. The normalized spacial score (nSPS) is 31.9. The number of piperidine rings is 1. The molecule has 0 aromatic rings. The Balaban J connectivity index is 1.83. The van der Waals surface area contributed by atoms with Crippen molar-refractivity contribution in [2.24, 2.45) is 11.8 Å². The van der Waals surface area contributed by atoms with E-state index in [1.807, 2.05) is 0 Å². The zero-order valence-electron chi connectivity index (χ0n) is 11.0. The Bertz CT molecular complexity index is 374. The Morgan fingerprint density at radius 2 is 1.94 bits per heavy atom. The number of nitrogens with zero attached hydrogens (tertiary/aromatic N) is 2. The first-order valence-corrected chi connectivity index (χ1v) is 9.10. The summed E-state index contributed by atoms with van der Waals surface area (Å²) < 4.78 is 24.8. The third kappa shape index (κ3) is 3.83. The van der Waals surface area contributed by atoms with Crippen LogP contribution < -0.4 is 0 Å². The monoisotopic (exact) mass is 294 g/mol. The van der Waals surface area contributed by atoms with Gasteiger partial charge < -0.3 is 4.90 Å². The van der Waals surface area contributed by atoms with Gasteiger partial charge in [0.25, 0.3) is 0 Å². The van der Waals surface area contributed by atoms with Crippen LogP contribution in [0.1, 0.15) is 19.3 Å². The van der Waals surface area contributed by atoms with E-state index >= 15 is 0 Å². The molecule has 2 heterocycles. The van der Waals surface area contributed by atoms with Gasteiger partial charge in [-0.25, -0.2) is 12.7 Å². The third-order valence-corrected chi connectivity index (χ3v) is 5.76. The molecule has 0 aromatic heterocycles. The average molecular weight is 295 g/mol. The van der Waals surface area contributed by atoms with Crippen molar-refractivity contribution >= 4 is 21.6 Å². The molecule has 6 heteroatoms. The van der Waals surface area contributed by atoms with Gasteiger partial charge in [0, 0.05) is 32.1 Å². The van der Waals surface area contributed by atoms with E-state index in [0.717, 1.165) is 38.4 Å². The van der Waals surface area contributed by atoms with Gasteiger partial charge in [-0.2, -0.15) is 0 Å². The summed E-state index contributed by atoms with van der Waals surface area (Å²) in [5, 5.41) is 0. The molecule has 2 atom stereocenters. The van der Waals surface area contributed by atoms with Crippen molar-refractivity contribution in [2.75, 3.05) is 44.9 Å². The van der Waals surface area contributed by atoms with E-state index in [1.54, 1.807) is 4.31 Å². The lowest BCUT2D eigenvalue weighted by molar-refractivity contribution is 0.198. The van der Waals surface area contributed by atoms with Crippen LogP contribution in [-0.4, -0.2) is 62.5 Å². The summed E-state index contributed by atoms with van der Waals surface area (Å²) in [7, 11) is -3.01. The maximum atomic E-state index is 11.6. The van der Waals surface area contributed by atoms with Crippen LogP contribution >= 0.6 is 11.6 Å². The van der Waals surface area contributed by atoms with Crippen LogP contribution in [0.15, 0.2) is 0 Å². The molecule has 4 nitrogen and oxygen atoms in total. The first-order valence-electron chi connectivity index (χ1n) is 6.72. The molecular formula is C12H23ClN2O2S. The summed E-state index contributed by atoms with van der Waals surface area (Å²) in [4.78, 5) is 2.45. The maximum Gasteiger partial charge on any atom is 0.211 e. The van der Waals surface area contributed by atoms with Crippen LogP contribution in [-0.2, 0) is 10.0 Å². The summed E-state index contributed by atoms with van der Waals surface area (Å²) in [6.07, 6.45) is 4.64. The largest absolute Gasteiger partial charge is 0.303 e. The molecular weight excluding hydrogens is 272 g/mol. The van der Waals surface area contributed by atoms with Gasteiger partial charge in [0.05, 0.1) is 6.26 Å². The minimum Gasteiger partial charge on any atom is -0.303 e. The second kappa shape index (κ2) is 6.07. The van der Waals surface area contributed by atoms with Crippen molar-refractivity contribution in [3.63, 3.8) is 0 Å². The van der Waals surface area contributed by atoms with E-state index in [-0.39, 0.29) is 0 Å². The van der Waals surface area contributed by atoms with Crippen LogP contribution in [0.2, 0.25) is 0 Å². The molecule has 2 unspecified atom stereocenters. The van der Waals surface area contributed by atoms with E-state index in [2.05, 4.69) is 4.90 Å². The molecule has 0 saturated carbocycles. The summed E-state index contributed by atoms with van der Waals surface area (Å²) in [6, 6.07) is 0. The van der Waals surface area contributed by atoms with Crippen LogP contribution in [0.4, 0.5) is 0 Å². The molecule has 0 aliphatic carbocycles. The minimum absolute atomic E-state index is 0.488. The molecule has 2 aliphatic rings. The number of hydrogen-bond donors (Lipinski definition) is 0. The summed E-state index contributed by atoms with van der Waals surface area (Å²) in [5.41, 5.74) is 0. The second-order valence-electron chi connectivity index (χ2n) is 5.70. The number of likely N-dealkylation sites (tertiary alicyclic amines) is 1. The van der Waals surface area contributed by atoms with Gasteiger partial charge in [-0.15, -0.1) is 11.6 Å². The summed E-state index contributed by atoms with van der Waals surface area (Å²) >= 11 is 5.88. The number of halogens is 1. The van der Waals surface area contributed by atoms with Crippen molar-refractivity contribution in [3.05, 3.63) is 0 Å². The van der Waals surface area contributed by atoms with E-state index < -0.39 is 10.0 Å². The Hall–Kier alpha value is 0.160. The lowest BCUT2D eigenvalue weighted by Gasteiger charge is -2.33. The van der Waals surface area contributed by atoms with Crippen molar-refractivity contribution in [3.8, 4) is 0 Å². The zero-order valence-corrected chi connectivity index (χ0v) is 12.6. The number of hydrogen-bond acceptors (Lipinski definition) is 3. The van der Waals surface area contributed by atoms with E-state index in [9.17, 15) is 8.42 Å². The molecule has 2 aliphatic heterocycles. The van der Waals surface area contributed by atoms with Crippen molar-refractivity contribution in [1.29, 1.82) is 0 Å². The highest BCUT2D eigenvalue weighted by Gasteiger charge is 2.29. The predicted molar refractivity (Wildman–Crippen MR) is 74.4 cm³/mol. The van der Waals surface area contributed by atoms with Gasteiger partial charge >= 0.3 is 0 Å². The topological polar surface area (TPSA) is 40.6 Å². The van der Waals surface area contributed by atoms with Crippen molar-refractivity contribution < 1.29 is 8.42 Å². The SMILES string of the molecule is CS(=O)(=O)N1CCCC(CN2CCC(CCl)C2)C1. The van der Waals surface area contributed by atoms with Gasteiger partial charge in [0.15, 0.2) is 0 Å². The molecule has 0 amide bonds.